The van der Waals surface area contributed by atoms with E-state index in [1.165, 1.54) is 25.7 Å². The third kappa shape index (κ3) is 1.53. The molecule has 0 aromatic rings. The first-order valence-corrected chi connectivity index (χ1v) is 4.09. The molecule has 10 heavy (non-hydrogen) atoms. The van der Waals surface area contributed by atoms with Gasteiger partial charge in [-0.3, -0.25) is 0 Å². The van der Waals surface area contributed by atoms with Gasteiger partial charge in [-0.25, -0.2) is 0 Å². The number of aliphatic hydroxyl groups excluding tert-OH is 1. The second kappa shape index (κ2) is 3.09. The SMILES string of the molecule is C=C(O)[C@@H](C)C1CCCC1. The molecule has 0 amide bonds. The van der Waals surface area contributed by atoms with Crippen molar-refractivity contribution in [3.8, 4) is 0 Å². The smallest absolute Gasteiger partial charge is 0.0881 e. The molecule has 0 heterocycles. The van der Waals surface area contributed by atoms with E-state index in [-0.39, 0.29) is 0 Å². The summed E-state index contributed by atoms with van der Waals surface area (Å²) in [6.45, 7) is 5.62. The van der Waals surface area contributed by atoms with Crippen LogP contribution in [-0.2, 0) is 0 Å². The van der Waals surface area contributed by atoms with Crippen molar-refractivity contribution in [1.82, 2.24) is 0 Å². The van der Waals surface area contributed by atoms with E-state index < -0.39 is 0 Å². The van der Waals surface area contributed by atoms with Gasteiger partial charge < -0.3 is 5.11 Å². The Hall–Kier alpha value is -0.460. The highest BCUT2D eigenvalue weighted by atomic mass is 16.3. The number of allylic oxidation sites excluding steroid dienone is 1. The zero-order chi connectivity index (χ0) is 7.56. The van der Waals surface area contributed by atoms with E-state index in [4.69, 9.17) is 5.11 Å². The molecule has 1 N–H and O–H groups in total. The van der Waals surface area contributed by atoms with Gasteiger partial charge in [0.25, 0.3) is 0 Å². The Balaban J connectivity index is 2.39. The largest absolute Gasteiger partial charge is 0.513 e. The summed E-state index contributed by atoms with van der Waals surface area (Å²) < 4.78 is 0. The Morgan fingerprint density at radius 2 is 2.00 bits per heavy atom. The quantitative estimate of drug-likeness (QED) is 0.585. The summed E-state index contributed by atoms with van der Waals surface area (Å²) in [6.07, 6.45) is 5.23. The summed E-state index contributed by atoms with van der Waals surface area (Å²) in [4.78, 5) is 0. The number of aliphatic hydroxyl groups is 1. The zero-order valence-corrected chi connectivity index (χ0v) is 6.64. The first-order valence-electron chi connectivity index (χ1n) is 4.09. The van der Waals surface area contributed by atoms with Crippen LogP contribution < -0.4 is 0 Å². The topological polar surface area (TPSA) is 20.2 Å². The summed E-state index contributed by atoms with van der Waals surface area (Å²) in [6, 6.07) is 0. The van der Waals surface area contributed by atoms with Crippen molar-refractivity contribution in [2.75, 3.05) is 0 Å². The van der Waals surface area contributed by atoms with Gasteiger partial charge in [0.1, 0.15) is 0 Å². The maximum absolute atomic E-state index is 9.09. The Morgan fingerprint density at radius 1 is 1.50 bits per heavy atom. The fourth-order valence-electron chi connectivity index (χ4n) is 1.73. The molecule has 0 unspecified atom stereocenters. The lowest BCUT2D eigenvalue weighted by Crippen LogP contribution is -2.09. The van der Waals surface area contributed by atoms with E-state index in [0.717, 1.165) is 0 Å². The van der Waals surface area contributed by atoms with Crippen LogP contribution in [0.2, 0.25) is 0 Å². The molecule has 0 saturated heterocycles. The maximum Gasteiger partial charge on any atom is 0.0881 e. The molecule has 1 fully saturated rings. The molecule has 58 valence electrons. The molecule has 1 rings (SSSR count). The predicted octanol–water partition coefficient (Wildman–Crippen LogP) is 2.88. The third-order valence-corrected chi connectivity index (χ3v) is 2.63. The summed E-state index contributed by atoms with van der Waals surface area (Å²) in [5, 5.41) is 9.09. The lowest BCUT2D eigenvalue weighted by Gasteiger charge is -2.16. The predicted molar refractivity (Wildman–Crippen MR) is 42.9 cm³/mol. The van der Waals surface area contributed by atoms with Gasteiger partial charge >= 0.3 is 0 Å². The normalized spacial score (nSPS) is 22.9. The Kier molecular flexibility index (Phi) is 2.36. The van der Waals surface area contributed by atoms with E-state index in [9.17, 15) is 0 Å². The van der Waals surface area contributed by atoms with Gasteiger partial charge in [0.2, 0.25) is 0 Å². The fraction of sp³-hybridized carbons (Fsp3) is 0.778. The number of rotatable bonds is 2. The van der Waals surface area contributed by atoms with Crippen molar-refractivity contribution in [2.24, 2.45) is 11.8 Å². The highest BCUT2D eigenvalue weighted by Crippen LogP contribution is 2.33. The second-order valence-corrected chi connectivity index (χ2v) is 3.32. The van der Waals surface area contributed by atoms with Crippen molar-refractivity contribution in [3.05, 3.63) is 12.3 Å². The van der Waals surface area contributed by atoms with Crippen molar-refractivity contribution >= 4 is 0 Å². The average Bonchev–Trinajstić information content (AvgIpc) is 2.36. The molecule has 1 nitrogen and oxygen atoms in total. The van der Waals surface area contributed by atoms with Crippen LogP contribution in [0.4, 0.5) is 0 Å². The zero-order valence-electron chi connectivity index (χ0n) is 6.64. The molecule has 0 aliphatic heterocycles. The van der Waals surface area contributed by atoms with Crippen LogP contribution in [-0.4, -0.2) is 5.11 Å². The minimum Gasteiger partial charge on any atom is -0.513 e. The van der Waals surface area contributed by atoms with Gasteiger partial charge in [-0.05, 0) is 18.8 Å². The van der Waals surface area contributed by atoms with E-state index in [0.29, 0.717) is 17.6 Å². The molecule has 1 saturated carbocycles. The lowest BCUT2D eigenvalue weighted by molar-refractivity contribution is 0.280. The Morgan fingerprint density at radius 3 is 2.40 bits per heavy atom. The number of hydrogen-bond acceptors (Lipinski definition) is 1. The number of hydrogen-bond donors (Lipinski definition) is 1. The Labute approximate surface area is 62.8 Å². The first kappa shape index (κ1) is 7.64. The standard InChI is InChI=1S/C9H16O/c1-7(8(2)10)9-5-3-4-6-9/h7,9-10H,2-6H2,1H3/t7-/m1/s1. The molecule has 1 aliphatic rings. The van der Waals surface area contributed by atoms with Crippen LogP contribution in [0.25, 0.3) is 0 Å². The minimum atomic E-state index is 0.322. The van der Waals surface area contributed by atoms with E-state index in [1.54, 1.807) is 0 Å². The molecule has 0 aromatic heterocycles. The van der Waals surface area contributed by atoms with Crippen LogP contribution in [0, 0.1) is 11.8 Å². The van der Waals surface area contributed by atoms with Crippen LogP contribution in [0.1, 0.15) is 32.6 Å². The summed E-state index contributed by atoms with van der Waals surface area (Å²) in [5.41, 5.74) is 0. The molecule has 0 radical (unpaired) electrons. The van der Waals surface area contributed by atoms with Crippen LogP contribution in [0.5, 0.6) is 0 Å². The molecular formula is C9H16O. The van der Waals surface area contributed by atoms with Gasteiger partial charge in [0, 0.05) is 5.92 Å². The van der Waals surface area contributed by atoms with Gasteiger partial charge in [0.15, 0.2) is 0 Å². The molecule has 1 heteroatoms. The van der Waals surface area contributed by atoms with Crippen LogP contribution in [0.15, 0.2) is 12.3 Å². The molecule has 1 aliphatic carbocycles. The van der Waals surface area contributed by atoms with Crippen molar-refractivity contribution in [2.45, 2.75) is 32.6 Å². The average molecular weight is 140 g/mol. The highest BCUT2D eigenvalue weighted by molar-refractivity contribution is 4.91. The van der Waals surface area contributed by atoms with Crippen LogP contribution in [0.3, 0.4) is 0 Å². The van der Waals surface area contributed by atoms with Gasteiger partial charge in [-0.15, -0.1) is 0 Å². The first-order chi connectivity index (χ1) is 4.72. The van der Waals surface area contributed by atoms with Crippen molar-refractivity contribution in [3.63, 3.8) is 0 Å². The summed E-state index contributed by atoms with van der Waals surface area (Å²) in [7, 11) is 0. The molecule has 0 spiro atoms. The molecular weight excluding hydrogens is 124 g/mol. The summed E-state index contributed by atoms with van der Waals surface area (Å²) in [5.74, 6) is 1.40. The maximum atomic E-state index is 9.09. The third-order valence-electron chi connectivity index (χ3n) is 2.63. The summed E-state index contributed by atoms with van der Waals surface area (Å²) >= 11 is 0. The molecule has 0 aromatic carbocycles. The highest BCUT2D eigenvalue weighted by Gasteiger charge is 2.22. The van der Waals surface area contributed by atoms with E-state index in [1.807, 2.05) is 0 Å². The van der Waals surface area contributed by atoms with Crippen molar-refractivity contribution < 1.29 is 5.11 Å². The second-order valence-electron chi connectivity index (χ2n) is 3.32. The minimum absolute atomic E-state index is 0.322. The van der Waals surface area contributed by atoms with Crippen LogP contribution >= 0.6 is 0 Å². The molecule has 1 atom stereocenters. The van der Waals surface area contributed by atoms with Gasteiger partial charge in [-0.1, -0.05) is 26.3 Å². The Bertz CT molecular complexity index is 123. The van der Waals surface area contributed by atoms with Gasteiger partial charge in [0.05, 0.1) is 5.76 Å². The van der Waals surface area contributed by atoms with Gasteiger partial charge in [-0.2, -0.15) is 0 Å². The fourth-order valence-corrected chi connectivity index (χ4v) is 1.73. The lowest BCUT2D eigenvalue weighted by atomic mass is 9.91. The molecule has 0 bridgehead atoms. The van der Waals surface area contributed by atoms with E-state index in [2.05, 4.69) is 13.5 Å². The monoisotopic (exact) mass is 140 g/mol. The van der Waals surface area contributed by atoms with E-state index >= 15 is 0 Å². The van der Waals surface area contributed by atoms with Crippen molar-refractivity contribution in [1.29, 1.82) is 0 Å².